The summed E-state index contributed by atoms with van der Waals surface area (Å²) in [6.45, 7) is 14.4. The van der Waals surface area contributed by atoms with Crippen molar-refractivity contribution in [1.82, 2.24) is 20.5 Å². The van der Waals surface area contributed by atoms with Crippen molar-refractivity contribution in [2.24, 2.45) is 23.0 Å². The van der Waals surface area contributed by atoms with E-state index in [1.165, 1.54) is 49.2 Å². The molecule has 1 aliphatic rings. The van der Waals surface area contributed by atoms with E-state index in [2.05, 4.69) is 66.4 Å². The molecule has 0 bridgehead atoms. The van der Waals surface area contributed by atoms with Crippen molar-refractivity contribution in [3.05, 3.63) is 169 Å². The lowest BCUT2D eigenvalue weighted by molar-refractivity contribution is -0.145. The molecule has 1 saturated heterocycles. The number of benzene rings is 4. The topological polar surface area (TPSA) is 264 Å². The van der Waals surface area contributed by atoms with Crippen molar-refractivity contribution in [3.8, 4) is 11.5 Å². The number of rotatable bonds is 16. The van der Waals surface area contributed by atoms with Gasteiger partial charge < -0.3 is 35.8 Å². The van der Waals surface area contributed by atoms with Crippen LogP contribution in [0.25, 0.3) is 0 Å². The summed E-state index contributed by atoms with van der Waals surface area (Å²) in [7, 11) is 4.21. The fourth-order valence-corrected chi connectivity index (χ4v) is 8.98. The number of nitrogens with zero attached hydrogens (tertiary/aromatic N) is 2. The molecule has 0 aliphatic carbocycles. The number of hydrogen-bond acceptors (Lipinski definition) is 11. The van der Waals surface area contributed by atoms with E-state index in [0.717, 1.165) is 24.1 Å². The first-order valence-corrected chi connectivity index (χ1v) is 24.2. The second kappa shape index (κ2) is 31.0. The number of amides is 6. The van der Waals surface area contributed by atoms with Gasteiger partial charge in [0, 0.05) is 42.7 Å². The van der Waals surface area contributed by atoms with Crippen LogP contribution in [0.4, 0.5) is 10.5 Å². The van der Waals surface area contributed by atoms with E-state index in [-0.39, 0.29) is 40.6 Å². The second-order valence-corrected chi connectivity index (χ2v) is 18.7. The number of aromatic carboxylic acids is 1. The number of phenolic OH excluding ortho intramolecular Hbond substituents is 2. The molecular formula is C54H68N6O10S. The number of carbonyl (C=O) groups excluding carboxylic acids is 5. The summed E-state index contributed by atoms with van der Waals surface area (Å²) in [5.41, 5.74) is 7.97. The molecule has 6 amide bonds. The number of anilines is 1. The summed E-state index contributed by atoms with van der Waals surface area (Å²) in [5.74, 6) is -0.944. The van der Waals surface area contributed by atoms with Gasteiger partial charge in [-0.25, -0.2) is 9.59 Å². The molecular weight excluding hydrogens is 925 g/mol. The van der Waals surface area contributed by atoms with Gasteiger partial charge in [-0.05, 0) is 116 Å². The Kier molecular flexibility index (Phi) is 26.1. The van der Waals surface area contributed by atoms with Gasteiger partial charge >= 0.3 is 12.0 Å². The van der Waals surface area contributed by atoms with Gasteiger partial charge in [-0.3, -0.25) is 34.8 Å². The van der Waals surface area contributed by atoms with Crippen molar-refractivity contribution in [1.29, 1.82) is 0 Å². The average Bonchev–Trinajstić information content (AvgIpc) is 3.30. The number of aromatic hydroxyl groups is 2. The summed E-state index contributed by atoms with van der Waals surface area (Å²) in [4.78, 5) is 72.2. The van der Waals surface area contributed by atoms with E-state index in [1.54, 1.807) is 24.3 Å². The van der Waals surface area contributed by atoms with Gasteiger partial charge in [-0.15, -0.1) is 6.58 Å². The van der Waals surface area contributed by atoms with Crippen molar-refractivity contribution >= 4 is 52.5 Å². The van der Waals surface area contributed by atoms with Gasteiger partial charge in [0.05, 0.1) is 5.56 Å². The second-order valence-electron chi connectivity index (χ2n) is 17.2. The summed E-state index contributed by atoms with van der Waals surface area (Å²) in [5, 5.41) is 33.3. The average molecular weight is 993 g/mol. The van der Waals surface area contributed by atoms with Crippen LogP contribution in [-0.2, 0) is 30.4 Å². The van der Waals surface area contributed by atoms with Gasteiger partial charge in [0.2, 0.25) is 17.7 Å². The molecule has 1 aromatic heterocycles. The van der Waals surface area contributed by atoms with Crippen molar-refractivity contribution in [2.75, 3.05) is 31.7 Å². The maximum absolute atomic E-state index is 12.4. The number of hydrogen-bond donors (Lipinski definition) is 7. The predicted octanol–water partition coefficient (Wildman–Crippen LogP) is 8.18. The van der Waals surface area contributed by atoms with E-state index < -0.39 is 46.3 Å². The standard InChI is InChI=1S/C15H15NO2S.C14H23NO.C11H16N2O3.C8H9NO2.C6H5NO2/c16-14(17)11-19(18)15(12-7-3-1-4-8-12)13-9-5-2-6-10-13;1-5-14(11(2)10-15(3)4)12-7-6-8-13(16)9-12;1-4-5-11(6-7(2)3)8(14)12-10(16)13-9(11)15;1-6(10)9-7-2-4-8(11)5-3-7;8-6(9)5-2-1-3-7-4-5/h1-10,15H,11H2,(H2,16,17);6-9,11,14,16H,5,10H2,1-4H3;4,7H,1,5-6H2,2-3H3,(H2,12,13,14,15,16);2-5,11H,1H3,(H,9,10);1-4H,(H,8,9)/t;11-,14+;;;/m.0.../s1. The highest BCUT2D eigenvalue weighted by molar-refractivity contribution is 7.92. The van der Waals surface area contributed by atoms with Gasteiger partial charge in [0.1, 0.15) is 16.9 Å². The Bertz CT molecular complexity index is 2380. The molecule has 0 radical (unpaired) electrons. The van der Waals surface area contributed by atoms with Crippen LogP contribution >= 0.6 is 0 Å². The van der Waals surface area contributed by atoms with Crippen molar-refractivity contribution in [3.63, 3.8) is 0 Å². The van der Waals surface area contributed by atoms with Crippen LogP contribution in [-0.4, -0.2) is 91.8 Å². The highest BCUT2D eigenvalue weighted by Crippen LogP contribution is 2.34. The highest BCUT2D eigenvalue weighted by Gasteiger charge is 2.49. The maximum Gasteiger partial charge on any atom is 0.337 e. The molecule has 6 rings (SSSR count). The number of carboxylic acid groups (broad SMARTS) is 1. The minimum Gasteiger partial charge on any atom is -0.615 e. The normalized spacial score (nSPS) is 13.6. The van der Waals surface area contributed by atoms with E-state index in [1.807, 2.05) is 86.6 Å². The summed E-state index contributed by atoms with van der Waals surface area (Å²) >= 11 is -1.36. The van der Waals surface area contributed by atoms with Gasteiger partial charge in [-0.1, -0.05) is 107 Å². The Balaban J connectivity index is 0.000000311. The van der Waals surface area contributed by atoms with E-state index in [4.69, 9.17) is 15.9 Å². The minimum atomic E-state index is -1.36. The van der Waals surface area contributed by atoms with Crippen LogP contribution in [0.5, 0.6) is 11.5 Å². The summed E-state index contributed by atoms with van der Waals surface area (Å²) < 4.78 is 12.4. The number of allylic oxidation sites excluding steroid dienone is 1. The van der Waals surface area contributed by atoms with E-state index in [0.29, 0.717) is 29.7 Å². The summed E-state index contributed by atoms with van der Waals surface area (Å²) in [6, 6.07) is 35.3. The van der Waals surface area contributed by atoms with Crippen molar-refractivity contribution in [2.45, 2.75) is 65.0 Å². The zero-order valence-electron chi connectivity index (χ0n) is 41.4. The molecule has 17 heteroatoms. The first-order chi connectivity index (χ1) is 33.6. The van der Waals surface area contributed by atoms with Gasteiger partial charge in [-0.2, -0.15) is 0 Å². The number of barbiturate groups is 1. The number of pyridine rings is 1. The number of nitrogens with two attached hydrogens (primary N) is 1. The molecule has 0 spiro atoms. The minimum absolute atomic E-state index is 0.115. The first kappa shape index (κ1) is 59.8. The number of nitrogens with one attached hydrogen (secondary N) is 3. The largest absolute Gasteiger partial charge is 0.615 e. The van der Waals surface area contributed by atoms with Crippen LogP contribution in [0.2, 0.25) is 0 Å². The molecule has 3 atom stereocenters. The molecule has 0 saturated carbocycles. The SMILES string of the molecule is C=CCC1(CC(C)C)C(=O)NC(=O)NC1=O.CC(=O)Nc1ccc(O)cc1.CC[C@@H](c1cccc(O)c1)[C@@H](C)CN(C)C.NC(=O)C[S+]([O-])C(c1ccccc1)c1ccccc1.O=C(O)c1cccnc1. The molecule has 71 heavy (non-hydrogen) atoms. The number of urea groups is 1. The molecule has 2 heterocycles. The first-order valence-electron chi connectivity index (χ1n) is 22.8. The Morgan fingerprint density at radius 1 is 0.831 bits per heavy atom. The molecule has 1 fully saturated rings. The predicted molar refractivity (Wildman–Crippen MR) is 278 cm³/mol. The Hall–Kier alpha value is -7.34. The Morgan fingerprint density at radius 3 is 1.79 bits per heavy atom. The van der Waals surface area contributed by atoms with Crippen LogP contribution in [0.3, 0.4) is 0 Å². The monoisotopic (exact) mass is 992 g/mol. The zero-order valence-corrected chi connectivity index (χ0v) is 42.2. The summed E-state index contributed by atoms with van der Waals surface area (Å²) in [6.07, 6.45) is 6.10. The number of aromatic nitrogens is 1. The number of imide groups is 2. The molecule has 1 aliphatic heterocycles. The van der Waals surface area contributed by atoms with E-state index in [9.17, 15) is 38.4 Å². The number of phenols is 2. The highest BCUT2D eigenvalue weighted by atomic mass is 32.2. The van der Waals surface area contributed by atoms with Crippen molar-refractivity contribution < 1.29 is 48.6 Å². The third-order valence-electron chi connectivity index (χ3n) is 10.5. The fourth-order valence-electron chi connectivity index (χ4n) is 7.62. The maximum atomic E-state index is 12.4. The third kappa shape index (κ3) is 21.5. The van der Waals surface area contributed by atoms with E-state index >= 15 is 0 Å². The quantitative estimate of drug-likeness (QED) is 0.0214. The Morgan fingerprint density at radius 2 is 1.38 bits per heavy atom. The zero-order chi connectivity index (χ0) is 53.1. The van der Waals surface area contributed by atoms with Crippen LogP contribution in [0.15, 0.2) is 146 Å². The molecule has 8 N–H and O–H groups in total. The molecule has 16 nitrogen and oxygen atoms in total. The Labute approximate surface area is 420 Å². The fraction of sp³-hybridized carbons (Fsp3) is 0.315. The molecule has 5 aromatic rings. The third-order valence-corrected chi connectivity index (χ3v) is 12.1. The lowest BCUT2D eigenvalue weighted by Gasteiger charge is -2.34. The lowest BCUT2D eigenvalue weighted by Crippen LogP contribution is -2.62. The smallest absolute Gasteiger partial charge is 0.337 e. The lowest BCUT2D eigenvalue weighted by atomic mass is 9.74. The van der Waals surface area contributed by atoms with Crippen LogP contribution in [0.1, 0.15) is 92.1 Å². The molecule has 4 aromatic carbocycles. The van der Waals surface area contributed by atoms with Gasteiger partial charge in [0.15, 0.2) is 11.0 Å². The number of carboxylic acids is 1. The number of carbonyl (C=O) groups is 6. The molecule has 1 unspecified atom stereocenters. The number of primary amides is 1. The van der Waals surface area contributed by atoms with Gasteiger partial charge in [0.25, 0.3) is 5.91 Å². The van der Waals surface area contributed by atoms with Crippen LogP contribution < -0.4 is 21.7 Å². The molecule has 380 valence electrons. The van der Waals surface area contributed by atoms with Crippen LogP contribution in [0, 0.1) is 17.3 Å².